The molecular weight excluding hydrogens is 244 g/mol. The Bertz CT molecular complexity index is 487. The van der Waals surface area contributed by atoms with E-state index in [-0.39, 0.29) is 5.78 Å². The van der Waals surface area contributed by atoms with Crippen LogP contribution in [-0.2, 0) is 0 Å². The Kier molecular flexibility index (Phi) is 3.76. The zero-order valence-corrected chi connectivity index (χ0v) is 11.3. The Hall–Kier alpha value is -1.23. The van der Waals surface area contributed by atoms with Gasteiger partial charge in [0.05, 0.1) is 12.2 Å². The molecule has 0 saturated carbocycles. The molecule has 1 aliphatic rings. The average Bonchev–Trinajstić information content (AvgIpc) is 2.48. The van der Waals surface area contributed by atoms with E-state index in [4.69, 9.17) is 0 Å². The lowest BCUT2D eigenvalue weighted by molar-refractivity contribution is 0.0487. The number of ketones is 1. The summed E-state index contributed by atoms with van der Waals surface area (Å²) in [4.78, 5) is 12.0. The molecule has 0 heterocycles. The van der Waals surface area contributed by atoms with Crippen molar-refractivity contribution in [2.75, 3.05) is 0 Å². The first-order valence-corrected chi connectivity index (χ1v) is 6.58. The number of hydrogen-bond donors (Lipinski definition) is 3. The highest BCUT2D eigenvalue weighted by atomic mass is 16.3. The molecule has 0 bridgehead atoms. The van der Waals surface area contributed by atoms with Crippen molar-refractivity contribution in [3.05, 3.63) is 34.9 Å². The molecule has 1 aromatic rings. The Morgan fingerprint density at radius 2 is 1.74 bits per heavy atom. The van der Waals surface area contributed by atoms with Crippen LogP contribution in [0.1, 0.15) is 66.8 Å². The number of rotatable bonds is 2. The molecule has 0 spiro atoms. The van der Waals surface area contributed by atoms with E-state index in [1.807, 2.05) is 0 Å². The van der Waals surface area contributed by atoms with E-state index >= 15 is 0 Å². The predicted octanol–water partition coefficient (Wildman–Crippen LogP) is 1.89. The third-order valence-electron chi connectivity index (χ3n) is 3.58. The van der Waals surface area contributed by atoms with Crippen molar-refractivity contribution in [1.82, 2.24) is 0 Å². The Balaban J connectivity index is 2.45. The van der Waals surface area contributed by atoms with Crippen LogP contribution < -0.4 is 0 Å². The summed E-state index contributed by atoms with van der Waals surface area (Å²) >= 11 is 0. The van der Waals surface area contributed by atoms with E-state index < -0.39 is 17.8 Å². The maximum absolute atomic E-state index is 12.0. The van der Waals surface area contributed by atoms with Crippen LogP contribution in [-0.4, -0.2) is 26.7 Å². The van der Waals surface area contributed by atoms with E-state index in [9.17, 15) is 20.1 Å². The molecule has 104 valence electrons. The number of aliphatic hydroxyl groups excluding tert-OH is 2. The highest BCUT2D eigenvalue weighted by Gasteiger charge is 2.28. The summed E-state index contributed by atoms with van der Waals surface area (Å²) in [5.74, 6) is -0.388. The summed E-state index contributed by atoms with van der Waals surface area (Å²) in [7, 11) is 0. The van der Waals surface area contributed by atoms with Crippen LogP contribution in [0.2, 0.25) is 0 Å². The first-order valence-electron chi connectivity index (χ1n) is 6.58. The highest BCUT2D eigenvalue weighted by Crippen LogP contribution is 2.35. The minimum Gasteiger partial charge on any atom is -0.388 e. The molecule has 0 aliphatic heterocycles. The largest absolute Gasteiger partial charge is 0.388 e. The van der Waals surface area contributed by atoms with Gasteiger partial charge in [-0.1, -0.05) is 12.1 Å². The SMILES string of the molecule is CC(C)(O)C(=O)c1ccc2c(c1)C(O)CCCC2O. The van der Waals surface area contributed by atoms with Crippen LogP contribution in [0.4, 0.5) is 0 Å². The molecule has 4 nitrogen and oxygen atoms in total. The lowest BCUT2D eigenvalue weighted by Crippen LogP contribution is -2.31. The number of aliphatic hydroxyl groups is 3. The fraction of sp³-hybridized carbons (Fsp3) is 0.533. The zero-order valence-electron chi connectivity index (χ0n) is 11.3. The Morgan fingerprint density at radius 3 is 2.32 bits per heavy atom. The van der Waals surface area contributed by atoms with Crippen molar-refractivity contribution >= 4 is 5.78 Å². The fourth-order valence-electron chi connectivity index (χ4n) is 2.48. The van der Waals surface area contributed by atoms with Gasteiger partial charge in [0.15, 0.2) is 5.78 Å². The van der Waals surface area contributed by atoms with Crippen molar-refractivity contribution in [3.8, 4) is 0 Å². The van der Waals surface area contributed by atoms with Gasteiger partial charge < -0.3 is 15.3 Å². The molecule has 19 heavy (non-hydrogen) atoms. The average molecular weight is 264 g/mol. The summed E-state index contributed by atoms with van der Waals surface area (Å²) < 4.78 is 0. The maximum atomic E-state index is 12.0. The van der Waals surface area contributed by atoms with Gasteiger partial charge in [-0.2, -0.15) is 0 Å². The van der Waals surface area contributed by atoms with Gasteiger partial charge in [0.1, 0.15) is 5.60 Å². The zero-order chi connectivity index (χ0) is 14.2. The van der Waals surface area contributed by atoms with Crippen molar-refractivity contribution in [2.45, 2.75) is 50.9 Å². The number of carbonyl (C=O) groups is 1. The van der Waals surface area contributed by atoms with E-state index in [2.05, 4.69) is 0 Å². The van der Waals surface area contributed by atoms with Gasteiger partial charge in [0, 0.05) is 5.56 Å². The van der Waals surface area contributed by atoms with E-state index in [1.165, 1.54) is 13.8 Å². The molecule has 3 N–H and O–H groups in total. The lowest BCUT2D eigenvalue weighted by Gasteiger charge is -2.19. The molecule has 0 amide bonds. The Labute approximate surface area is 112 Å². The molecule has 4 heteroatoms. The summed E-state index contributed by atoms with van der Waals surface area (Å²) in [6, 6.07) is 4.86. The van der Waals surface area contributed by atoms with Crippen LogP contribution in [0, 0.1) is 0 Å². The molecule has 0 aromatic heterocycles. The molecule has 2 rings (SSSR count). The summed E-state index contributed by atoms with van der Waals surface area (Å²) in [5, 5.41) is 29.8. The topological polar surface area (TPSA) is 77.8 Å². The van der Waals surface area contributed by atoms with E-state index in [0.717, 1.165) is 6.42 Å². The van der Waals surface area contributed by atoms with Gasteiger partial charge in [-0.15, -0.1) is 0 Å². The summed E-state index contributed by atoms with van der Waals surface area (Å²) in [5.41, 5.74) is 0.194. The third-order valence-corrected chi connectivity index (χ3v) is 3.58. The number of carbonyl (C=O) groups excluding carboxylic acids is 1. The number of Topliss-reactive ketones (excluding diaryl/α,β-unsaturated/α-hetero) is 1. The van der Waals surface area contributed by atoms with Gasteiger partial charge in [-0.3, -0.25) is 4.79 Å². The monoisotopic (exact) mass is 264 g/mol. The second-order valence-corrected chi connectivity index (χ2v) is 5.69. The summed E-state index contributed by atoms with van der Waals surface area (Å²) in [6.07, 6.45) is 0.666. The van der Waals surface area contributed by atoms with Gasteiger partial charge in [0.25, 0.3) is 0 Å². The number of fused-ring (bicyclic) bond motifs is 1. The molecule has 2 atom stereocenters. The molecule has 0 saturated heterocycles. The first kappa shape index (κ1) is 14.2. The van der Waals surface area contributed by atoms with Crippen LogP contribution in [0.15, 0.2) is 18.2 Å². The van der Waals surface area contributed by atoms with Gasteiger partial charge in [-0.05, 0) is 50.3 Å². The van der Waals surface area contributed by atoms with Gasteiger partial charge in [-0.25, -0.2) is 0 Å². The molecule has 2 unspecified atom stereocenters. The van der Waals surface area contributed by atoms with E-state index in [0.29, 0.717) is 29.5 Å². The normalized spacial score (nSPS) is 23.6. The van der Waals surface area contributed by atoms with Crippen molar-refractivity contribution in [1.29, 1.82) is 0 Å². The van der Waals surface area contributed by atoms with Crippen molar-refractivity contribution in [2.24, 2.45) is 0 Å². The molecule has 1 aliphatic carbocycles. The molecule has 0 fully saturated rings. The minimum absolute atomic E-state index is 0.361. The smallest absolute Gasteiger partial charge is 0.193 e. The first-order chi connectivity index (χ1) is 8.80. The molecular formula is C15H20O4. The van der Waals surface area contributed by atoms with Crippen LogP contribution >= 0.6 is 0 Å². The molecule has 0 radical (unpaired) electrons. The predicted molar refractivity (Wildman–Crippen MR) is 70.8 cm³/mol. The van der Waals surface area contributed by atoms with E-state index in [1.54, 1.807) is 18.2 Å². The fourth-order valence-corrected chi connectivity index (χ4v) is 2.48. The quantitative estimate of drug-likeness (QED) is 0.563. The highest BCUT2D eigenvalue weighted by molar-refractivity contribution is 6.01. The lowest BCUT2D eigenvalue weighted by atomic mass is 9.91. The third kappa shape index (κ3) is 2.86. The maximum Gasteiger partial charge on any atom is 0.193 e. The summed E-state index contributed by atoms with van der Waals surface area (Å²) in [6.45, 7) is 2.87. The number of benzene rings is 1. The van der Waals surface area contributed by atoms with Crippen molar-refractivity contribution < 1.29 is 20.1 Å². The van der Waals surface area contributed by atoms with Crippen LogP contribution in [0.3, 0.4) is 0 Å². The standard InChI is InChI=1S/C15H20O4/c1-15(2,19)14(18)9-6-7-10-11(8-9)13(17)5-3-4-12(10)16/h6-8,12-13,16-17,19H,3-5H2,1-2H3. The van der Waals surface area contributed by atoms with Crippen LogP contribution in [0.5, 0.6) is 0 Å². The minimum atomic E-state index is -1.44. The second kappa shape index (κ2) is 5.04. The van der Waals surface area contributed by atoms with Crippen molar-refractivity contribution in [3.63, 3.8) is 0 Å². The Morgan fingerprint density at radius 1 is 1.16 bits per heavy atom. The van der Waals surface area contributed by atoms with Gasteiger partial charge in [0.2, 0.25) is 0 Å². The van der Waals surface area contributed by atoms with Gasteiger partial charge >= 0.3 is 0 Å². The molecule has 1 aromatic carbocycles. The van der Waals surface area contributed by atoms with Crippen LogP contribution in [0.25, 0.3) is 0 Å². The second-order valence-electron chi connectivity index (χ2n) is 5.69. The number of hydrogen-bond acceptors (Lipinski definition) is 4.